The highest BCUT2D eigenvalue weighted by Crippen LogP contribution is 2.29. The molecule has 2 aromatic carbocycles. The number of nitrogens with zero attached hydrogens (tertiary/aromatic N) is 2. The molecule has 2 N–H and O–H groups in total. The SMILES string of the molecule is CC(C)n1cc(-c2ccc(N)c(OCc3ccccc3)c2)cn1. The van der Waals surface area contributed by atoms with Crippen molar-refractivity contribution in [2.45, 2.75) is 26.5 Å². The molecule has 0 spiro atoms. The number of ether oxygens (including phenoxy) is 1. The van der Waals surface area contributed by atoms with Crippen LogP contribution in [0.3, 0.4) is 0 Å². The van der Waals surface area contributed by atoms with Crippen LogP contribution in [0.15, 0.2) is 60.9 Å². The zero-order chi connectivity index (χ0) is 16.2. The maximum atomic E-state index is 6.04. The monoisotopic (exact) mass is 307 g/mol. The Hall–Kier alpha value is -2.75. The molecule has 0 amide bonds. The van der Waals surface area contributed by atoms with Gasteiger partial charge < -0.3 is 10.5 Å². The lowest BCUT2D eigenvalue weighted by molar-refractivity contribution is 0.308. The Balaban J connectivity index is 1.81. The van der Waals surface area contributed by atoms with Crippen molar-refractivity contribution in [3.63, 3.8) is 0 Å². The van der Waals surface area contributed by atoms with Gasteiger partial charge in [0.1, 0.15) is 12.4 Å². The van der Waals surface area contributed by atoms with Gasteiger partial charge in [-0.05, 0) is 37.1 Å². The van der Waals surface area contributed by atoms with Crippen molar-refractivity contribution in [3.8, 4) is 16.9 Å². The summed E-state index contributed by atoms with van der Waals surface area (Å²) in [6, 6.07) is 16.2. The van der Waals surface area contributed by atoms with E-state index < -0.39 is 0 Å². The van der Waals surface area contributed by atoms with Gasteiger partial charge in [-0.1, -0.05) is 36.4 Å². The van der Waals surface area contributed by atoms with E-state index in [1.807, 2.05) is 65.6 Å². The van der Waals surface area contributed by atoms with Crippen LogP contribution in [-0.2, 0) is 6.61 Å². The second kappa shape index (κ2) is 6.57. The van der Waals surface area contributed by atoms with E-state index in [9.17, 15) is 0 Å². The van der Waals surface area contributed by atoms with Gasteiger partial charge in [-0.2, -0.15) is 5.10 Å². The zero-order valence-corrected chi connectivity index (χ0v) is 13.4. The van der Waals surface area contributed by atoms with Crippen LogP contribution in [0.4, 0.5) is 5.69 Å². The van der Waals surface area contributed by atoms with E-state index in [2.05, 4.69) is 18.9 Å². The summed E-state index contributed by atoms with van der Waals surface area (Å²) >= 11 is 0. The van der Waals surface area contributed by atoms with Gasteiger partial charge in [0.05, 0.1) is 11.9 Å². The summed E-state index contributed by atoms with van der Waals surface area (Å²) in [4.78, 5) is 0. The lowest BCUT2D eigenvalue weighted by Gasteiger charge is -2.10. The first-order valence-corrected chi connectivity index (χ1v) is 7.74. The van der Waals surface area contributed by atoms with Gasteiger partial charge in [0.2, 0.25) is 0 Å². The first kappa shape index (κ1) is 15.2. The van der Waals surface area contributed by atoms with Crippen molar-refractivity contribution < 1.29 is 4.74 Å². The van der Waals surface area contributed by atoms with Crippen LogP contribution >= 0.6 is 0 Å². The summed E-state index contributed by atoms with van der Waals surface area (Å²) in [5.41, 5.74) is 9.90. The molecule has 0 fully saturated rings. The molecular weight excluding hydrogens is 286 g/mol. The summed E-state index contributed by atoms with van der Waals surface area (Å²) < 4.78 is 7.83. The van der Waals surface area contributed by atoms with Gasteiger partial charge in [0.25, 0.3) is 0 Å². The third-order valence-electron chi connectivity index (χ3n) is 3.71. The van der Waals surface area contributed by atoms with Gasteiger partial charge >= 0.3 is 0 Å². The van der Waals surface area contributed by atoms with Gasteiger partial charge in [-0.3, -0.25) is 4.68 Å². The fourth-order valence-electron chi connectivity index (χ4n) is 2.34. The van der Waals surface area contributed by atoms with Crippen molar-refractivity contribution in [1.82, 2.24) is 9.78 Å². The van der Waals surface area contributed by atoms with Crippen molar-refractivity contribution in [1.29, 1.82) is 0 Å². The first-order valence-electron chi connectivity index (χ1n) is 7.74. The molecule has 0 atom stereocenters. The Morgan fingerprint density at radius 2 is 1.87 bits per heavy atom. The lowest BCUT2D eigenvalue weighted by Crippen LogP contribution is -2.00. The average molecular weight is 307 g/mol. The highest BCUT2D eigenvalue weighted by Gasteiger charge is 2.08. The molecule has 4 heteroatoms. The highest BCUT2D eigenvalue weighted by molar-refractivity contribution is 5.69. The molecule has 1 aromatic heterocycles. The molecule has 0 aliphatic carbocycles. The number of benzene rings is 2. The van der Waals surface area contributed by atoms with E-state index in [0.717, 1.165) is 16.7 Å². The normalized spacial score (nSPS) is 10.9. The predicted octanol–water partition coefficient (Wildman–Crippen LogP) is 4.29. The molecular formula is C19H21N3O. The van der Waals surface area contributed by atoms with Crippen LogP contribution in [0, 0.1) is 0 Å². The van der Waals surface area contributed by atoms with Crippen LogP contribution in [0.2, 0.25) is 0 Å². The molecule has 0 unspecified atom stereocenters. The fourth-order valence-corrected chi connectivity index (χ4v) is 2.34. The Morgan fingerprint density at radius 3 is 2.57 bits per heavy atom. The Bertz CT molecular complexity index is 778. The molecule has 1 heterocycles. The Kier molecular flexibility index (Phi) is 4.33. The van der Waals surface area contributed by atoms with Gasteiger partial charge in [0.15, 0.2) is 0 Å². The quantitative estimate of drug-likeness (QED) is 0.715. The molecule has 23 heavy (non-hydrogen) atoms. The van der Waals surface area contributed by atoms with Gasteiger partial charge in [0, 0.05) is 17.8 Å². The molecule has 0 saturated carbocycles. The number of hydrogen-bond donors (Lipinski definition) is 1. The minimum atomic E-state index is 0.339. The van der Waals surface area contributed by atoms with E-state index in [-0.39, 0.29) is 0 Å². The van der Waals surface area contributed by atoms with Crippen LogP contribution in [0.1, 0.15) is 25.5 Å². The molecule has 3 rings (SSSR count). The minimum Gasteiger partial charge on any atom is -0.487 e. The first-order chi connectivity index (χ1) is 11.1. The smallest absolute Gasteiger partial charge is 0.143 e. The third kappa shape index (κ3) is 3.54. The number of aromatic nitrogens is 2. The molecule has 0 aliphatic rings. The van der Waals surface area contributed by atoms with Crippen LogP contribution in [0.25, 0.3) is 11.1 Å². The predicted molar refractivity (Wildman–Crippen MR) is 93.2 cm³/mol. The Labute approximate surface area is 136 Å². The van der Waals surface area contributed by atoms with Crippen LogP contribution in [0.5, 0.6) is 5.75 Å². The maximum absolute atomic E-state index is 6.04. The van der Waals surface area contributed by atoms with Gasteiger partial charge in [-0.15, -0.1) is 0 Å². The summed E-state index contributed by atoms with van der Waals surface area (Å²) in [5.74, 6) is 0.698. The topological polar surface area (TPSA) is 53.1 Å². The second-order valence-electron chi connectivity index (χ2n) is 5.83. The van der Waals surface area contributed by atoms with Crippen molar-refractivity contribution in [3.05, 3.63) is 66.5 Å². The molecule has 0 aliphatic heterocycles. The van der Waals surface area contributed by atoms with E-state index in [0.29, 0.717) is 24.1 Å². The molecule has 0 radical (unpaired) electrons. The number of rotatable bonds is 5. The van der Waals surface area contributed by atoms with Crippen molar-refractivity contribution in [2.75, 3.05) is 5.73 Å². The zero-order valence-electron chi connectivity index (χ0n) is 13.4. The van der Waals surface area contributed by atoms with Crippen LogP contribution in [-0.4, -0.2) is 9.78 Å². The summed E-state index contributed by atoms with van der Waals surface area (Å²) in [6.07, 6.45) is 3.91. The van der Waals surface area contributed by atoms with E-state index in [1.54, 1.807) is 0 Å². The largest absolute Gasteiger partial charge is 0.487 e. The maximum Gasteiger partial charge on any atom is 0.143 e. The summed E-state index contributed by atoms with van der Waals surface area (Å²) in [5, 5.41) is 4.38. The standard InChI is InChI=1S/C19H21N3O/c1-14(2)22-12-17(11-21-22)16-8-9-18(20)19(10-16)23-13-15-6-4-3-5-7-15/h3-12,14H,13,20H2,1-2H3. The van der Waals surface area contributed by atoms with E-state index in [4.69, 9.17) is 10.5 Å². The molecule has 4 nitrogen and oxygen atoms in total. The number of nitrogens with two attached hydrogens (primary N) is 1. The minimum absolute atomic E-state index is 0.339. The molecule has 0 bridgehead atoms. The van der Waals surface area contributed by atoms with E-state index >= 15 is 0 Å². The number of anilines is 1. The molecule has 3 aromatic rings. The van der Waals surface area contributed by atoms with Gasteiger partial charge in [-0.25, -0.2) is 0 Å². The van der Waals surface area contributed by atoms with E-state index in [1.165, 1.54) is 0 Å². The highest BCUT2D eigenvalue weighted by atomic mass is 16.5. The van der Waals surface area contributed by atoms with Crippen LogP contribution < -0.4 is 10.5 Å². The van der Waals surface area contributed by atoms with Crippen molar-refractivity contribution >= 4 is 5.69 Å². The average Bonchev–Trinajstić information content (AvgIpc) is 3.05. The lowest BCUT2D eigenvalue weighted by atomic mass is 10.1. The molecule has 118 valence electrons. The summed E-state index contributed by atoms with van der Waals surface area (Å²) in [7, 11) is 0. The summed E-state index contributed by atoms with van der Waals surface area (Å²) in [6.45, 7) is 4.71. The number of nitrogen functional groups attached to an aromatic ring is 1. The third-order valence-corrected chi connectivity index (χ3v) is 3.71. The number of hydrogen-bond acceptors (Lipinski definition) is 3. The second-order valence-corrected chi connectivity index (χ2v) is 5.83. The fraction of sp³-hybridized carbons (Fsp3) is 0.211. The molecule has 0 saturated heterocycles. The van der Waals surface area contributed by atoms with Crippen molar-refractivity contribution in [2.24, 2.45) is 0 Å². The Morgan fingerprint density at radius 1 is 1.09 bits per heavy atom.